The molecule has 1 aromatic carbocycles. The summed E-state index contributed by atoms with van der Waals surface area (Å²) in [6, 6.07) is 5.61. The van der Waals surface area contributed by atoms with E-state index >= 15 is 0 Å². The molecule has 0 fully saturated rings. The van der Waals surface area contributed by atoms with Crippen molar-refractivity contribution >= 4 is 33.4 Å². The Balaban J connectivity index is 2.33. The maximum atomic E-state index is 7.20. The highest BCUT2D eigenvalue weighted by Crippen LogP contribution is 2.31. The number of unbranched alkanes of at least 4 members (excludes halogenated alkanes) is 1. The number of rotatable bonds is 5. The van der Waals surface area contributed by atoms with Crippen molar-refractivity contribution < 1.29 is 0 Å². The van der Waals surface area contributed by atoms with Crippen molar-refractivity contribution in [3.05, 3.63) is 35.4 Å². The van der Waals surface area contributed by atoms with Crippen LogP contribution in [0.4, 0.5) is 11.5 Å². The van der Waals surface area contributed by atoms with Crippen molar-refractivity contribution in [2.45, 2.75) is 46.6 Å². The van der Waals surface area contributed by atoms with Crippen LogP contribution >= 0.6 is 0 Å². The van der Waals surface area contributed by atoms with Crippen LogP contribution in [-0.2, 0) is 13.0 Å². The monoisotopic (exact) mass is 321 g/mol. The molecule has 2 aromatic heterocycles. The Labute approximate surface area is 142 Å². The Morgan fingerprint density at radius 3 is 2.75 bits per heavy atom. The molecule has 0 unspecified atom stereocenters. The Morgan fingerprint density at radius 1 is 1.29 bits per heavy atom. The van der Waals surface area contributed by atoms with Crippen molar-refractivity contribution in [3.63, 3.8) is 0 Å². The van der Waals surface area contributed by atoms with Crippen LogP contribution in [0.3, 0.4) is 0 Å². The maximum Gasteiger partial charge on any atom is 0.189 e. The van der Waals surface area contributed by atoms with E-state index in [0.29, 0.717) is 17.4 Å². The van der Waals surface area contributed by atoms with Crippen molar-refractivity contribution in [2.24, 2.45) is 5.92 Å². The topological polar surface area (TPSA) is 61.1 Å². The number of imidazole rings is 1. The van der Waals surface area contributed by atoms with Crippen LogP contribution in [-0.4, -0.2) is 14.5 Å². The minimum atomic E-state index is 0.444. The first-order chi connectivity index (χ1) is 11.5. The smallest absolute Gasteiger partial charge is 0.189 e. The molecule has 0 radical (unpaired) electrons. The molecule has 3 aromatic rings. The molecule has 0 aliphatic carbocycles. The number of pyridine rings is 1. The van der Waals surface area contributed by atoms with Gasteiger partial charge in [-0.25, -0.2) is 14.8 Å². The molecular weight excluding hydrogens is 298 g/mol. The van der Waals surface area contributed by atoms with Gasteiger partial charge in [0.05, 0.1) is 17.6 Å². The number of fused-ring (bicyclic) bond motifs is 3. The molecule has 2 heterocycles. The summed E-state index contributed by atoms with van der Waals surface area (Å²) in [7, 11) is 0. The zero-order chi connectivity index (χ0) is 17.3. The Kier molecular flexibility index (Phi) is 4.39. The Morgan fingerprint density at radius 2 is 2.08 bits per heavy atom. The van der Waals surface area contributed by atoms with Crippen molar-refractivity contribution in [1.82, 2.24) is 14.5 Å². The third-order valence-electron chi connectivity index (χ3n) is 4.20. The first-order valence-corrected chi connectivity index (χ1v) is 8.51. The Hall–Kier alpha value is -2.61. The number of hydrogen-bond donors (Lipinski definition) is 1. The van der Waals surface area contributed by atoms with Gasteiger partial charge in [0.25, 0.3) is 0 Å². The summed E-state index contributed by atoms with van der Waals surface area (Å²) in [6.45, 7) is 14.7. The molecule has 0 saturated heterocycles. The fourth-order valence-corrected chi connectivity index (χ4v) is 3.10. The van der Waals surface area contributed by atoms with Crippen LogP contribution in [0.25, 0.3) is 26.8 Å². The first-order valence-electron chi connectivity index (χ1n) is 8.51. The molecule has 0 atom stereocenters. The second-order valence-electron chi connectivity index (χ2n) is 6.64. The molecule has 0 bridgehead atoms. The molecule has 0 aliphatic rings. The van der Waals surface area contributed by atoms with Gasteiger partial charge in [-0.2, -0.15) is 0 Å². The van der Waals surface area contributed by atoms with Gasteiger partial charge in [0, 0.05) is 18.4 Å². The van der Waals surface area contributed by atoms with Gasteiger partial charge >= 0.3 is 0 Å². The van der Waals surface area contributed by atoms with Crippen LogP contribution in [0.2, 0.25) is 0 Å². The standard InChI is InChI=1S/C19H23N5/c1-5-6-7-16-23-17-18(24(16)11-12(2)3)14-9-8-13(21-4)10-15(14)22-19(17)20/h8-10,12H,5-7,11H2,1-3H3,(H2,20,22). The summed E-state index contributed by atoms with van der Waals surface area (Å²) in [5.74, 6) is 2.03. The summed E-state index contributed by atoms with van der Waals surface area (Å²) in [6.07, 6.45) is 3.18. The van der Waals surface area contributed by atoms with E-state index in [2.05, 4.69) is 35.2 Å². The highest BCUT2D eigenvalue weighted by Gasteiger charge is 2.17. The van der Waals surface area contributed by atoms with Gasteiger partial charge in [0.1, 0.15) is 11.3 Å². The summed E-state index contributed by atoms with van der Waals surface area (Å²) >= 11 is 0. The zero-order valence-corrected chi connectivity index (χ0v) is 14.5. The number of nitrogens with zero attached hydrogens (tertiary/aromatic N) is 4. The summed E-state index contributed by atoms with van der Waals surface area (Å²) in [4.78, 5) is 12.8. The van der Waals surface area contributed by atoms with Crippen LogP contribution < -0.4 is 5.73 Å². The van der Waals surface area contributed by atoms with Crippen molar-refractivity contribution in [2.75, 3.05) is 5.73 Å². The molecule has 5 heteroatoms. The summed E-state index contributed by atoms with van der Waals surface area (Å²) in [5.41, 5.74) is 9.37. The predicted molar refractivity (Wildman–Crippen MR) is 99.2 cm³/mol. The molecule has 24 heavy (non-hydrogen) atoms. The second kappa shape index (κ2) is 6.48. The molecule has 0 aliphatic heterocycles. The third-order valence-corrected chi connectivity index (χ3v) is 4.20. The fourth-order valence-electron chi connectivity index (χ4n) is 3.10. The minimum Gasteiger partial charge on any atom is -0.382 e. The molecule has 2 N–H and O–H groups in total. The van der Waals surface area contributed by atoms with E-state index in [1.54, 1.807) is 6.07 Å². The number of benzene rings is 1. The number of anilines is 1. The van der Waals surface area contributed by atoms with Gasteiger partial charge in [-0.05, 0) is 18.4 Å². The van der Waals surface area contributed by atoms with Crippen molar-refractivity contribution in [3.8, 4) is 0 Å². The lowest BCUT2D eigenvalue weighted by Gasteiger charge is -2.13. The van der Waals surface area contributed by atoms with Crippen LogP contribution in [0.5, 0.6) is 0 Å². The van der Waals surface area contributed by atoms with Gasteiger partial charge in [-0.1, -0.05) is 39.3 Å². The molecular formula is C19H23N5. The van der Waals surface area contributed by atoms with Crippen LogP contribution in [0.1, 0.15) is 39.4 Å². The average molecular weight is 321 g/mol. The molecule has 124 valence electrons. The molecule has 3 rings (SSSR count). The normalized spacial score (nSPS) is 11.5. The van der Waals surface area contributed by atoms with Gasteiger partial charge < -0.3 is 10.3 Å². The Bertz CT molecular complexity index is 930. The van der Waals surface area contributed by atoms with Gasteiger partial charge in [0.15, 0.2) is 11.5 Å². The second-order valence-corrected chi connectivity index (χ2v) is 6.64. The van der Waals surface area contributed by atoms with Gasteiger partial charge in [-0.3, -0.25) is 0 Å². The van der Waals surface area contributed by atoms with E-state index in [1.165, 1.54) is 0 Å². The largest absolute Gasteiger partial charge is 0.382 e. The minimum absolute atomic E-state index is 0.444. The van der Waals surface area contributed by atoms with E-state index in [4.69, 9.17) is 17.3 Å². The van der Waals surface area contributed by atoms with Gasteiger partial charge in [0.2, 0.25) is 0 Å². The average Bonchev–Trinajstić information content (AvgIpc) is 2.91. The van der Waals surface area contributed by atoms with E-state index in [0.717, 1.165) is 53.6 Å². The number of aromatic nitrogens is 3. The van der Waals surface area contributed by atoms with Crippen LogP contribution in [0, 0.1) is 12.5 Å². The predicted octanol–water partition coefficient (Wildman–Crippen LogP) is 4.72. The van der Waals surface area contributed by atoms with E-state index in [1.807, 2.05) is 12.1 Å². The van der Waals surface area contributed by atoms with E-state index < -0.39 is 0 Å². The molecule has 0 spiro atoms. The lowest BCUT2D eigenvalue weighted by atomic mass is 10.1. The summed E-state index contributed by atoms with van der Waals surface area (Å²) in [5, 5.41) is 1.02. The third kappa shape index (κ3) is 2.80. The first kappa shape index (κ1) is 16.3. The number of nitrogens with two attached hydrogens (primary N) is 1. The van der Waals surface area contributed by atoms with Crippen molar-refractivity contribution in [1.29, 1.82) is 0 Å². The lowest BCUT2D eigenvalue weighted by Crippen LogP contribution is -2.09. The van der Waals surface area contributed by atoms with E-state index in [-0.39, 0.29) is 0 Å². The quantitative estimate of drug-likeness (QED) is 0.692. The SMILES string of the molecule is [C-]#[N+]c1ccc2c(c1)nc(N)c1nc(CCCC)n(CC(C)C)c12. The molecule has 0 saturated carbocycles. The zero-order valence-electron chi connectivity index (χ0n) is 14.5. The molecule has 5 nitrogen and oxygen atoms in total. The maximum absolute atomic E-state index is 7.20. The highest BCUT2D eigenvalue weighted by atomic mass is 15.1. The molecule has 0 amide bonds. The number of nitrogen functional groups attached to an aromatic ring is 1. The van der Waals surface area contributed by atoms with E-state index in [9.17, 15) is 0 Å². The van der Waals surface area contributed by atoms with Gasteiger partial charge in [-0.15, -0.1) is 0 Å². The summed E-state index contributed by atoms with van der Waals surface area (Å²) < 4.78 is 2.30. The number of aryl methyl sites for hydroxylation is 1. The highest BCUT2D eigenvalue weighted by molar-refractivity contribution is 6.07. The lowest BCUT2D eigenvalue weighted by molar-refractivity contribution is 0.513. The van der Waals surface area contributed by atoms with Crippen LogP contribution in [0.15, 0.2) is 18.2 Å². The number of hydrogen-bond acceptors (Lipinski definition) is 3. The fraction of sp³-hybridized carbons (Fsp3) is 0.421.